The van der Waals surface area contributed by atoms with Crippen molar-refractivity contribution in [2.45, 2.75) is 210 Å². The summed E-state index contributed by atoms with van der Waals surface area (Å²) in [5.74, 6) is -0.722. The Hall–Kier alpha value is -1.93. The van der Waals surface area contributed by atoms with Crippen LogP contribution in [0.5, 0.6) is 0 Å². The fourth-order valence-corrected chi connectivity index (χ4v) is 6.41. The second kappa shape index (κ2) is 34.1. The smallest absolute Gasteiger partial charge is 0.249 e. The van der Waals surface area contributed by atoms with Gasteiger partial charge >= 0.3 is 0 Å². The van der Waals surface area contributed by atoms with Crippen molar-refractivity contribution in [3.05, 3.63) is 48.6 Å². The van der Waals surface area contributed by atoms with Crippen molar-refractivity contribution in [3.8, 4) is 0 Å². The summed E-state index contributed by atoms with van der Waals surface area (Å²) in [6.07, 6.45) is 27.3. The van der Waals surface area contributed by atoms with E-state index in [4.69, 9.17) is 9.47 Å². The second-order valence-electron chi connectivity index (χ2n) is 15.0. The van der Waals surface area contributed by atoms with E-state index in [1.165, 1.54) is 32.1 Å². The molecule has 1 amide bonds. The van der Waals surface area contributed by atoms with Gasteiger partial charge in [-0.25, -0.2) is 0 Å². The van der Waals surface area contributed by atoms with E-state index in [0.717, 1.165) is 77.0 Å². The summed E-state index contributed by atoms with van der Waals surface area (Å²) in [6, 6.07) is -1.20. The summed E-state index contributed by atoms with van der Waals surface area (Å²) in [6.45, 7) is 3.30. The average molecular weight is 782 g/mol. The van der Waals surface area contributed by atoms with Crippen molar-refractivity contribution in [3.63, 3.8) is 0 Å². The normalized spacial score (nSPS) is 23.0. The number of allylic oxidation sites excluding steroid dienone is 8. The first-order valence-electron chi connectivity index (χ1n) is 21.5. The summed E-state index contributed by atoms with van der Waals surface area (Å²) in [5.41, 5.74) is 0. The molecule has 0 radical (unpaired) electrons. The van der Waals surface area contributed by atoms with Crippen LogP contribution in [0.4, 0.5) is 0 Å². The highest BCUT2D eigenvalue weighted by molar-refractivity contribution is 5.80. The Morgan fingerprint density at radius 1 is 0.618 bits per heavy atom. The Morgan fingerprint density at radius 3 is 1.69 bits per heavy atom. The van der Waals surface area contributed by atoms with Crippen molar-refractivity contribution in [2.75, 3.05) is 13.2 Å². The molecule has 320 valence electrons. The number of carbonyl (C=O) groups excluding carboxylic acids is 1. The maximum Gasteiger partial charge on any atom is 0.249 e. The first kappa shape index (κ1) is 51.1. The van der Waals surface area contributed by atoms with Crippen LogP contribution in [0.25, 0.3) is 0 Å². The van der Waals surface area contributed by atoms with Gasteiger partial charge in [0.05, 0.1) is 25.4 Å². The van der Waals surface area contributed by atoms with Crippen LogP contribution in [0.15, 0.2) is 48.6 Å². The minimum Gasteiger partial charge on any atom is -0.394 e. The van der Waals surface area contributed by atoms with Crippen LogP contribution in [-0.2, 0) is 14.3 Å². The Morgan fingerprint density at radius 2 is 1.13 bits per heavy atom. The Balaban J connectivity index is 2.55. The fourth-order valence-electron chi connectivity index (χ4n) is 6.41. The fraction of sp³-hybridized carbons (Fsp3) is 0.795. The molecule has 0 aliphatic carbocycles. The number of hydrogen-bond acceptors (Lipinski definition) is 10. The third-order valence-corrected chi connectivity index (χ3v) is 10.0. The molecule has 0 bridgehead atoms. The van der Waals surface area contributed by atoms with Crippen LogP contribution in [0.1, 0.15) is 155 Å². The van der Waals surface area contributed by atoms with Gasteiger partial charge in [-0.15, -0.1) is 0 Å². The maximum absolute atomic E-state index is 13.0. The molecule has 1 aliphatic heterocycles. The molecular formula is C44H79NO10. The molecule has 9 atom stereocenters. The minimum absolute atomic E-state index is 0.237. The van der Waals surface area contributed by atoms with Gasteiger partial charge in [-0.1, -0.05) is 120 Å². The number of carbonyl (C=O) groups is 1. The SMILES string of the molecule is CCC/C=C/CC/C=C/CC/C=C/CCCC(O)C(O)C(COC1OC(CO)C(O)C(O)C1O)NC(=O)C(O)CCCCCCCC/C=C\CCCCCC. The van der Waals surface area contributed by atoms with Gasteiger partial charge in [0, 0.05) is 0 Å². The molecule has 0 aromatic heterocycles. The van der Waals surface area contributed by atoms with Crippen LogP contribution in [0.2, 0.25) is 0 Å². The number of amides is 1. The van der Waals surface area contributed by atoms with Crippen molar-refractivity contribution >= 4 is 5.91 Å². The number of rotatable bonds is 34. The zero-order chi connectivity index (χ0) is 40.5. The standard InChI is InChI=1S/C44H79NO10/c1-3-5-7-9-11-13-15-17-19-21-23-25-27-29-31-36(47)39(49)35(34-54-44-42(52)41(51)40(50)38(33-46)55-44)45-43(53)37(48)32-30-28-26-24-22-20-18-16-14-12-10-8-6-4-2/h7,9,14-17,23,25,35-42,44,46-52H,3-6,8,10-13,18-22,24,26-34H2,1-2H3,(H,45,53)/b9-7+,16-14-,17-15+,25-23+. The molecule has 11 heteroatoms. The van der Waals surface area contributed by atoms with Crippen molar-refractivity contribution in [1.29, 1.82) is 0 Å². The van der Waals surface area contributed by atoms with Gasteiger partial charge in [0.25, 0.3) is 0 Å². The third-order valence-electron chi connectivity index (χ3n) is 10.0. The summed E-state index contributed by atoms with van der Waals surface area (Å²) in [5, 5.41) is 75.4. The molecule has 8 N–H and O–H groups in total. The number of aliphatic hydroxyl groups excluding tert-OH is 7. The quantitative estimate of drug-likeness (QED) is 0.0275. The molecule has 0 spiro atoms. The first-order chi connectivity index (χ1) is 26.7. The molecule has 1 aliphatic rings. The van der Waals surface area contributed by atoms with E-state index in [1.807, 2.05) is 6.08 Å². The van der Waals surface area contributed by atoms with Gasteiger partial charge in [-0.05, 0) is 83.5 Å². The molecule has 9 unspecified atom stereocenters. The lowest BCUT2D eigenvalue weighted by molar-refractivity contribution is -0.303. The van der Waals surface area contributed by atoms with Crippen molar-refractivity contribution < 1.29 is 50.0 Å². The van der Waals surface area contributed by atoms with Gasteiger partial charge < -0.3 is 50.5 Å². The highest BCUT2D eigenvalue weighted by atomic mass is 16.7. The predicted molar refractivity (Wildman–Crippen MR) is 219 cm³/mol. The van der Waals surface area contributed by atoms with Crippen LogP contribution >= 0.6 is 0 Å². The highest BCUT2D eigenvalue weighted by Crippen LogP contribution is 2.23. The topological polar surface area (TPSA) is 189 Å². The van der Waals surface area contributed by atoms with E-state index in [2.05, 4.69) is 61.7 Å². The maximum atomic E-state index is 13.0. The molecule has 0 saturated carbocycles. The Labute approximate surface area is 332 Å². The summed E-state index contributed by atoms with van der Waals surface area (Å²) >= 11 is 0. The lowest BCUT2D eigenvalue weighted by Gasteiger charge is -2.40. The molecular weight excluding hydrogens is 702 g/mol. The van der Waals surface area contributed by atoms with Crippen molar-refractivity contribution in [2.24, 2.45) is 0 Å². The van der Waals surface area contributed by atoms with Gasteiger partial charge in [0.15, 0.2) is 6.29 Å². The van der Waals surface area contributed by atoms with Gasteiger partial charge in [0.1, 0.15) is 36.6 Å². The number of hydrogen-bond donors (Lipinski definition) is 8. The summed E-state index contributed by atoms with van der Waals surface area (Å²) < 4.78 is 11.0. The molecule has 11 nitrogen and oxygen atoms in total. The zero-order valence-corrected chi connectivity index (χ0v) is 34.1. The van der Waals surface area contributed by atoms with E-state index >= 15 is 0 Å². The molecule has 1 fully saturated rings. The highest BCUT2D eigenvalue weighted by Gasteiger charge is 2.44. The molecule has 55 heavy (non-hydrogen) atoms. The number of ether oxygens (including phenoxy) is 2. The summed E-state index contributed by atoms with van der Waals surface area (Å²) in [7, 11) is 0. The summed E-state index contributed by atoms with van der Waals surface area (Å²) in [4.78, 5) is 13.0. The zero-order valence-electron chi connectivity index (χ0n) is 34.1. The second-order valence-corrected chi connectivity index (χ2v) is 15.0. The van der Waals surface area contributed by atoms with E-state index in [-0.39, 0.29) is 12.8 Å². The monoisotopic (exact) mass is 782 g/mol. The third kappa shape index (κ3) is 24.4. The van der Waals surface area contributed by atoms with Gasteiger partial charge in [0.2, 0.25) is 5.91 Å². The largest absolute Gasteiger partial charge is 0.394 e. The van der Waals surface area contributed by atoms with Crippen LogP contribution < -0.4 is 5.32 Å². The molecule has 1 heterocycles. The number of unbranched alkanes of at least 4 members (excludes halogenated alkanes) is 14. The number of nitrogens with one attached hydrogen (secondary N) is 1. The Bertz CT molecular complexity index is 1030. The van der Waals surface area contributed by atoms with Gasteiger partial charge in [-0.2, -0.15) is 0 Å². The van der Waals surface area contributed by atoms with E-state index in [9.17, 15) is 40.5 Å². The van der Waals surface area contributed by atoms with E-state index < -0.39 is 74.2 Å². The lowest BCUT2D eigenvalue weighted by atomic mass is 9.98. The molecule has 0 aromatic rings. The first-order valence-corrected chi connectivity index (χ1v) is 21.5. The predicted octanol–water partition coefficient (Wildman–Crippen LogP) is 6.22. The Kier molecular flexibility index (Phi) is 31.7. The average Bonchev–Trinajstić information content (AvgIpc) is 3.18. The van der Waals surface area contributed by atoms with E-state index in [0.29, 0.717) is 19.3 Å². The van der Waals surface area contributed by atoms with Gasteiger partial charge in [-0.3, -0.25) is 4.79 Å². The molecule has 1 rings (SSSR count). The lowest BCUT2D eigenvalue weighted by Crippen LogP contribution is -2.60. The van der Waals surface area contributed by atoms with Crippen molar-refractivity contribution in [1.82, 2.24) is 5.32 Å². The van der Waals surface area contributed by atoms with Crippen LogP contribution in [0, 0.1) is 0 Å². The van der Waals surface area contributed by atoms with E-state index in [1.54, 1.807) is 0 Å². The van der Waals surface area contributed by atoms with Crippen LogP contribution in [0.3, 0.4) is 0 Å². The molecule has 1 saturated heterocycles. The van der Waals surface area contributed by atoms with Crippen LogP contribution in [-0.4, -0.2) is 110 Å². The number of aliphatic hydroxyl groups is 7. The molecule has 0 aromatic carbocycles. The minimum atomic E-state index is -1.67.